The van der Waals surface area contributed by atoms with Gasteiger partial charge in [0.15, 0.2) is 5.13 Å². The van der Waals surface area contributed by atoms with Crippen molar-refractivity contribution >= 4 is 57.7 Å². The third-order valence-corrected chi connectivity index (χ3v) is 6.75. The molecule has 4 N–H and O–H groups in total. The van der Waals surface area contributed by atoms with Crippen LogP contribution in [0.5, 0.6) is 0 Å². The van der Waals surface area contributed by atoms with E-state index in [-0.39, 0.29) is 27.7 Å². The topological polar surface area (TPSA) is 158 Å². The number of hydrogen-bond donors (Lipinski definition) is 4. The summed E-state index contributed by atoms with van der Waals surface area (Å²) < 4.78 is 5.18. The first-order chi connectivity index (χ1) is 15.5. The van der Waals surface area contributed by atoms with E-state index >= 15 is 0 Å². The molecule has 3 rings (SSSR count). The van der Waals surface area contributed by atoms with Gasteiger partial charge in [0.05, 0.1) is 17.9 Å². The molecule has 0 bridgehead atoms. The van der Waals surface area contributed by atoms with Crippen LogP contribution >= 0.6 is 23.1 Å². The number of carbonyl (C=O) groups excluding carboxylic acids is 3. The number of aromatic nitrogens is 1. The van der Waals surface area contributed by atoms with Gasteiger partial charge in [0.1, 0.15) is 22.7 Å². The monoisotopic (exact) mass is 496 g/mol. The molecule has 2 atom stereocenters. The van der Waals surface area contributed by atoms with Crippen LogP contribution in [-0.4, -0.2) is 73.4 Å². The number of amides is 3. The van der Waals surface area contributed by atoms with Crippen LogP contribution in [0.4, 0.5) is 9.93 Å². The van der Waals surface area contributed by atoms with Gasteiger partial charge in [-0.3, -0.25) is 19.8 Å². The molecule has 1 fully saturated rings. The number of fused-ring (bicyclic) bond motifs is 1. The van der Waals surface area contributed by atoms with E-state index in [0.29, 0.717) is 5.69 Å². The van der Waals surface area contributed by atoms with Gasteiger partial charge in [0.2, 0.25) is 0 Å². The average molecular weight is 497 g/mol. The molecule has 3 amide bonds. The molecule has 11 nitrogen and oxygen atoms in total. The van der Waals surface area contributed by atoms with Crippen LogP contribution in [0.15, 0.2) is 22.7 Å². The lowest BCUT2D eigenvalue weighted by atomic mass is 10.0. The van der Waals surface area contributed by atoms with E-state index in [0.717, 1.165) is 16.2 Å². The van der Waals surface area contributed by atoms with Crippen molar-refractivity contribution in [2.45, 2.75) is 44.7 Å². The Morgan fingerprint density at radius 2 is 2.06 bits per heavy atom. The minimum absolute atomic E-state index is 0.195. The highest BCUT2D eigenvalue weighted by molar-refractivity contribution is 8.00. The summed E-state index contributed by atoms with van der Waals surface area (Å²) >= 11 is 2.38. The van der Waals surface area contributed by atoms with Crippen molar-refractivity contribution in [3.63, 3.8) is 0 Å². The Balaban J connectivity index is 1.68. The van der Waals surface area contributed by atoms with Gasteiger partial charge in [-0.05, 0) is 33.3 Å². The zero-order valence-electron chi connectivity index (χ0n) is 18.4. The molecule has 178 valence electrons. The number of rotatable bonds is 6. The number of aliphatic hydroxyl groups excluding tert-OH is 1. The molecule has 0 aromatic carbocycles. The van der Waals surface area contributed by atoms with E-state index in [2.05, 4.69) is 15.6 Å². The predicted molar refractivity (Wildman–Crippen MR) is 122 cm³/mol. The van der Waals surface area contributed by atoms with E-state index in [4.69, 9.17) is 4.74 Å². The Labute approximate surface area is 197 Å². The van der Waals surface area contributed by atoms with Gasteiger partial charge in [0.25, 0.3) is 11.8 Å². The summed E-state index contributed by atoms with van der Waals surface area (Å²) in [7, 11) is 0. The smallest absolute Gasteiger partial charge is 0.413 e. The van der Waals surface area contributed by atoms with Gasteiger partial charge < -0.3 is 20.3 Å². The second-order valence-electron chi connectivity index (χ2n) is 8.14. The Morgan fingerprint density at radius 3 is 2.64 bits per heavy atom. The number of hydrogen-bond acceptors (Lipinski definition) is 9. The first-order valence-electron chi connectivity index (χ1n) is 9.90. The van der Waals surface area contributed by atoms with Gasteiger partial charge in [-0.2, -0.15) is 0 Å². The number of thioether (sulfide) groups is 1. The molecule has 0 radical (unpaired) electrons. The predicted octanol–water partition coefficient (Wildman–Crippen LogP) is 1.62. The number of β-lactam (4-membered cyclic amide) rings is 1. The van der Waals surface area contributed by atoms with Gasteiger partial charge in [0, 0.05) is 11.1 Å². The maximum absolute atomic E-state index is 12.9. The lowest BCUT2D eigenvalue weighted by molar-refractivity contribution is -0.150. The summed E-state index contributed by atoms with van der Waals surface area (Å²) in [4.78, 5) is 54.3. The zero-order valence-corrected chi connectivity index (χ0v) is 20.0. The second-order valence-corrected chi connectivity index (χ2v) is 10.1. The lowest BCUT2D eigenvalue weighted by Gasteiger charge is -2.49. The summed E-state index contributed by atoms with van der Waals surface area (Å²) in [5, 5.41) is 25.2. The number of nitrogens with one attached hydrogen (secondary N) is 2. The number of nitrogens with zero attached hydrogens (tertiary/aromatic N) is 2. The maximum Gasteiger partial charge on any atom is 0.413 e. The maximum atomic E-state index is 12.9. The van der Waals surface area contributed by atoms with Crippen LogP contribution in [-0.2, 0) is 19.1 Å². The first kappa shape index (κ1) is 24.7. The van der Waals surface area contributed by atoms with Crippen LogP contribution in [0.25, 0.3) is 5.57 Å². The Hall–Kier alpha value is -2.90. The van der Waals surface area contributed by atoms with Gasteiger partial charge >= 0.3 is 12.1 Å². The fraction of sp³-hybridized carbons (Fsp3) is 0.450. The highest BCUT2D eigenvalue weighted by atomic mass is 32.2. The number of carbonyl (C=O) groups is 4. The number of aliphatic hydroxyl groups is 1. The van der Waals surface area contributed by atoms with Crippen LogP contribution < -0.4 is 10.6 Å². The summed E-state index contributed by atoms with van der Waals surface area (Å²) in [5.41, 5.74) is -0.156. The van der Waals surface area contributed by atoms with Gasteiger partial charge in [-0.25, -0.2) is 14.6 Å². The number of anilines is 1. The molecule has 13 heteroatoms. The number of carboxylic acid groups (broad SMARTS) is 1. The second kappa shape index (κ2) is 9.53. The van der Waals surface area contributed by atoms with Crippen LogP contribution in [0.3, 0.4) is 0 Å². The van der Waals surface area contributed by atoms with Crippen molar-refractivity contribution < 1.29 is 34.1 Å². The number of allylic oxidation sites excluding steroid dienone is 1. The zero-order chi connectivity index (χ0) is 24.5. The number of thiazole rings is 1. The normalized spacial score (nSPS) is 20.7. The van der Waals surface area contributed by atoms with Crippen molar-refractivity contribution in [1.29, 1.82) is 0 Å². The Morgan fingerprint density at radius 1 is 1.36 bits per heavy atom. The summed E-state index contributed by atoms with van der Waals surface area (Å²) in [6.45, 7) is 6.37. The Kier molecular flexibility index (Phi) is 7.14. The minimum Gasteiger partial charge on any atom is -0.477 e. The molecule has 3 heterocycles. The van der Waals surface area contributed by atoms with E-state index in [1.807, 2.05) is 0 Å². The quantitative estimate of drug-likeness (QED) is 0.339. The molecule has 1 saturated heterocycles. The Bertz CT molecular complexity index is 1060. The summed E-state index contributed by atoms with van der Waals surface area (Å²) in [6.07, 6.45) is 0.858. The molecule has 0 spiro atoms. The van der Waals surface area contributed by atoms with Crippen LogP contribution in [0.1, 0.15) is 33.4 Å². The molecular formula is C20H24N4O7S2. The van der Waals surface area contributed by atoms with E-state index in [1.54, 1.807) is 33.1 Å². The summed E-state index contributed by atoms with van der Waals surface area (Å²) in [6, 6.07) is -0.912. The molecule has 0 aliphatic carbocycles. The fourth-order valence-electron chi connectivity index (χ4n) is 3.26. The highest BCUT2D eigenvalue weighted by Crippen LogP contribution is 2.40. The standard InChI is InChI=1S/C20H24N4O7S2/c1-5-10(11-8-33-18(21-11)23-19(30)31-20(2,3)4)14(26)22-12-15(27)24-13(17(28)29)9(6-25)7-32-16(12)24/h5,8,12,16,25H,6-7H2,1-4H3,(H,22,26)(H,28,29)(H,21,23,30)/t12-,16-/m1/s1. The van der Waals surface area contributed by atoms with E-state index in [1.165, 1.54) is 17.8 Å². The molecule has 2 aliphatic rings. The molecule has 33 heavy (non-hydrogen) atoms. The van der Waals surface area contributed by atoms with Crippen molar-refractivity contribution in [3.8, 4) is 0 Å². The molecular weight excluding hydrogens is 472 g/mol. The average Bonchev–Trinajstić information content (AvgIpc) is 3.17. The summed E-state index contributed by atoms with van der Waals surface area (Å²) in [5.74, 6) is -2.19. The van der Waals surface area contributed by atoms with Crippen molar-refractivity contribution in [3.05, 3.63) is 28.4 Å². The third kappa shape index (κ3) is 5.20. The van der Waals surface area contributed by atoms with Crippen molar-refractivity contribution in [2.75, 3.05) is 17.7 Å². The fourth-order valence-corrected chi connectivity index (χ4v) is 5.30. The van der Waals surface area contributed by atoms with Crippen molar-refractivity contribution in [2.24, 2.45) is 0 Å². The van der Waals surface area contributed by atoms with Crippen LogP contribution in [0.2, 0.25) is 0 Å². The number of ether oxygens (including phenoxy) is 1. The van der Waals surface area contributed by atoms with Crippen molar-refractivity contribution in [1.82, 2.24) is 15.2 Å². The lowest BCUT2D eigenvalue weighted by Crippen LogP contribution is -2.70. The van der Waals surface area contributed by atoms with Gasteiger partial charge in [-0.15, -0.1) is 23.1 Å². The van der Waals surface area contributed by atoms with Gasteiger partial charge in [-0.1, -0.05) is 6.08 Å². The largest absolute Gasteiger partial charge is 0.477 e. The number of aliphatic carboxylic acids is 1. The first-order valence-corrected chi connectivity index (χ1v) is 11.8. The SMILES string of the molecule is CC=C(C(=O)N[C@@H]1C(=O)N2C(C(=O)O)=C(CO)CS[C@H]12)c1csc(NC(=O)OC(C)(C)C)n1. The molecule has 2 aliphatic heterocycles. The molecule has 1 aromatic heterocycles. The van der Waals surface area contributed by atoms with Crippen LogP contribution in [0, 0.1) is 0 Å². The van der Waals surface area contributed by atoms with E-state index in [9.17, 15) is 29.4 Å². The molecule has 0 saturated carbocycles. The minimum atomic E-state index is -1.30. The van der Waals surface area contributed by atoms with E-state index < -0.39 is 47.5 Å². The molecule has 1 aromatic rings. The highest BCUT2D eigenvalue weighted by Gasteiger charge is 2.54. The number of carboxylic acids is 1. The molecule has 0 unspecified atom stereocenters. The third-order valence-electron chi connectivity index (χ3n) is 4.65.